The lowest BCUT2D eigenvalue weighted by atomic mass is 10.0. The van der Waals surface area contributed by atoms with Gasteiger partial charge >= 0.3 is 0 Å². The van der Waals surface area contributed by atoms with Gasteiger partial charge in [0.1, 0.15) is 5.82 Å². The SMILES string of the molecule is CCC(NC(=O)/C=C/c1ccccc1F)c1cccc(N2CCOCC2)c1. The fourth-order valence-electron chi connectivity index (χ4n) is 3.18. The molecule has 0 aliphatic carbocycles. The zero-order valence-electron chi connectivity index (χ0n) is 15.5. The largest absolute Gasteiger partial charge is 0.378 e. The topological polar surface area (TPSA) is 41.6 Å². The van der Waals surface area contributed by atoms with E-state index in [9.17, 15) is 9.18 Å². The molecule has 0 aromatic heterocycles. The van der Waals surface area contributed by atoms with Crippen molar-refractivity contribution in [3.05, 3.63) is 71.6 Å². The van der Waals surface area contributed by atoms with E-state index >= 15 is 0 Å². The summed E-state index contributed by atoms with van der Waals surface area (Å²) >= 11 is 0. The number of hydrogen-bond acceptors (Lipinski definition) is 3. The fourth-order valence-corrected chi connectivity index (χ4v) is 3.18. The van der Waals surface area contributed by atoms with Crippen LogP contribution in [0.25, 0.3) is 6.08 Å². The molecule has 1 N–H and O–H groups in total. The number of anilines is 1. The van der Waals surface area contributed by atoms with Crippen molar-refractivity contribution in [2.75, 3.05) is 31.2 Å². The van der Waals surface area contributed by atoms with Crippen LogP contribution in [0.2, 0.25) is 0 Å². The Bertz CT molecular complexity index is 800. The molecule has 2 aromatic rings. The maximum Gasteiger partial charge on any atom is 0.244 e. The van der Waals surface area contributed by atoms with Gasteiger partial charge in [-0.15, -0.1) is 0 Å². The van der Waals surface area contributed by atoms with E-state index in [1.54, 1.807) is 18.2 Å². The smallest absolute Gasteiger partial charge is 0.244 e. The Labute approximate surface area is 159 Å². The zero-order chi connectivity index (χ0) is 19.1. The van der Waals surface area contributed by atoms with Crippen molar-refractivity contribution in [1.82, 2.24) is 5.32 Å². The first-order valence-corrected chi connectivity index (χ1v) is 9.33. The van der Waals surface area contributed by atoms with Crippen LogP contribution in [0.15, 0.2) is 54.6 Å². The van der Waals surface area contributed by atoms with Gasteiger partial charge in [-0.25, -0.2) is 4.39 Å². The standard InChI is InChI=1S/C22H25FN2O2/c1-2-21(24-22(26)11-10-17-6-3-4-9-20(17)23)18-7-5-8-19(16-18)25-12-14-27-15-13-25/h3-11,16,21H,2,12-15H2,1H3,(H,24,26)/b11-10+. The number of nitrogens with zero attached hydrogens (tertiary/aromatic N) is 1. The van der Waals surface area contributed by atoms with Crippen LogP contribution in [0, 0.1) is 5.82 Å². The molecule has 2 aromatic carbocycles. The summed E-state index contributed by atoms with van der Waals surface area (Å²) in [5.74, 6) is -0.575. The predicted molar refractivity (Wildman–Crippen MR) is 106 cm³/mol. The van der Waals surface area contributed by atoms with Gasteiger partial charge in [0.05, 0.1) is 19.3 Å². The van der Waals surface area contributed by atoms with E-state index in [-0.39, 0.29) is 17.8 Å². The number of halogens is 1. The van der Waals surface area contributed by atoms with Gasteiger partial charge in [0.15, 0.2) is 0 Å². The average molecular weight is 368 g/mol. The molecule has 4 nitrogen and oxygen atoms in total. The van der Waals surface area contributed by atoms with Crippen molar-refractivity contribution in [3.63, 3.8) is 0 Å². The summed E-state index contributed by atoms with van der Waals surface area (Å²) in [4.78, 5) is 14.6. The van der Waals surface area contributed by atoms with Gasteiger partial charge in [0, 0.05) is 30.4 Å². The third-order valence-electron chi connectivity index (χ3n) is 4.69. The molecule has 0 radical (unpaired) electrons. The van der Waals surface area contributed by atoms with Gasteiger partial charge < -0.3 is 15.0 Å². The fraction of sp³-hybridized carbons (Fsp3) is 0.318. The lowest BCUT2D eigenvalue weighted by Crippen LogP contribution is -2.36. The van der Waals surface area contributed by atoms with Crippen LogP contribution in [0.3, 0.4) is 0 Å². The maximum absolute atomic E-state index is 13.7. The molecule has 1 amide bonds. The molecule has 1 aliphatic rings. The zero-order valence-corrected chi connectivity index (χ0v) is 15.5. The van der Waals surface area contributed by atoms with E-state index < -0.39 is 0 Å². The number of benzene rings is 2. The third-order valence-corrected chi connectivity index (χ3v) is 4.69. The van der Waals surface area contributed by atoms with Crippen LogP contribution in [0.5, 0.6) is 0 Å². The van der Waals surface area contributed by atoms with Crippen LogP contribution < -0.4 is 10.2 Å². The van der Waals surface area contributed by atoms with Gasteiger partial charge in [-0.05, 0) is 36.3 Å². The van der Waals surface area contributed by atoms with Gasteiger partial charge in [0.25, 0.3) is 0 Å². The number of morpholine rings is 1. The molecule has 1 aliphatic heterocycles. The highest BCUT2D eigenvalue weighted by Crippen LogP contribution is 2.23. The van der Waals surface area contributed by atoms with E-state index in [0.717, 1.165) is 44.0 Å². The Kier molecular flexibility index (Phi) is 6.60. The lowest BCUT2D eigenvalue weighted by molar-refractivity contribution is -0.117. The maximum atomic E-state index is 13.7. The van der Waals surface area contributed by atoms with Gasteiger partial charge in [-0.2, -0.15) is 0 Å². The molecule has 1 atom stereocenters. The first kappa shape index (κ1) is 19.1. The molecule has 1 fully saturated rings. The van der Waals surface area contributed by atoms with E-state index in [4.69, 9.17) is 4.74 Å². The number of amides is 1. The molecule has 3 rings (SSSR count). The van der Waals surface area contributed by atoms with Gasteiger partial charge in [0.2, 0.25) is 5.91 Å². The molecular formula is C22H25FN2O2. The van der Waals surface area contributed by atoms with E-state index in [2.05, 4.69) is 22.3 Å². The van der Waals surface area contributed by atoms with Crippen LogP contribution >= 0.6 is 0 Å². The second kappa shape index (κ2) is 9.33. The summed E-state index contributed by atoms with van der Waals surface area (Å²) in [6.07, 6.45) is 3.65. The molecule has 0 saturated carbocycles. The highest BCUT2D eigenvalue weighted by Gasteiger charge is 2.15. The second-order valence-electron chi connectivity index (χ2n) is 6.52. The van der Waals surface area contributed by atoms with Crippen molar-refractivity contribution in [2.45, 2.75) is 19.4 Å². The monoisotopic (exact) mass is 368 g/mol. The summed E-state index contributed by atoms with van der Waals surface area (Å²) in [7, 11) is 0. The van der Waals surface area contributed by atoms with Crippen LogP contribution in [-0.4, -0.2) is 32.2 Å². The summed E-state index contributed by atoms with van der Waals surface area (Å²) in [6.45, 7) is 5.25. The normalized spacial score (nSPS) is 15.7. The predicted octanol–water partition coefficient (Wildman–Crippen LogP) is 3.94. The summed E-state index contributed by atoms with van der Waals surface area (Å²) in [6, 6.07) is 14.5. The quantitative estimate of drug-likeness (QED) is 0.785. The molecular weight excluding hydrogens is 343 g/mol. The Morgan fingerprint density at radius 2 is 2.00 bits per heavy atom. The molecule has 1 heterocycles. The summed E-state index contributed by atoms with van der Waals surface area (Å²) in [5.41, 5.74) is 2.61. The number of nitrogens with one attached hydrogen (secondary N) is 1. The van der Waals surface area contributed by atoms with Crippen LogP contribution in [0.1, 0.15) is 30.5 Å². The van der Waals surface area contributed by atoms with Crippen LogP contribution in [0.4, 0.5) is 10.1 Å². The molecule has 1 unspecified atom stereocenters. The Balaban J connectivity index is 1.67. The molecule has 142 valence electrons. The number of hydrogen-bond donors (Lipinski definition) is 1. The second-order valence-corrected chi connectivity index (χ2v) is 6.52. The first-order chi connectivity index (χ1) is 13.2. The molecule has 1 saturated heterocycles. The van der Waals surface area contributed by atoms with Gasteiger partial charge in [-0.1, -0.05) is 37.3 Å². The van der Waals surface area contributed by atoms with Crippen LogP contribution in [-0.2, 0) is 9.53 Å². The van der Waals surface area contributed by atoms with E-state index in [0.29, 0.717) is 5.56 Å². The Hall–Kier alpha value is -2.66. The molecule has 5 heteroatoms. The highest BCUT2D eigenvalue weighted by molar-refractivity contribution is 5.92. The summed E-state index contributed by atoms with van der Waals surface area (Å²) in [5, 5.41) is 3.01. The minimum Gasteiger partial charge on any atom is -0.378 e. The van der Waals surface area contributed by atoms with Crippen molar-refractivity contribution >= 4 is 17.7 Å². The van der Waals surface area contributed by atoms with E-state index in [1.165, 1.54) is 18.2 Å². The molecule has 0 spiro atoms. The lowest BCUT2D eigenvalue weighted by Gasteiger charge is -2.29. The molecule has 27 heavy (non-hydrogen) atoms. The number of ether oxygens (including phenoxy) is 1. The average Bonchev–Trinajstić information content (AvgIpc) is 2.72. The van der Waals surface area contributed by atoms with Crippen molar-refractivity contribution in [3.8, 4) is 0 Å². The Morgan fingerprint density at radius 3 is 2.74 bits per heavy atom. The third kappa shape index (κ3) is 5.17. The van der Waals surface area contributed by atoms with E-state index in [1.807, 2.05) is 19.1 Å². The van der Waals surface area contributed by atoms with Gasteiger partial charge in [-0.3, -0.25) is 4.79 Å². The minimum atomic E-state index is -0.341. The number of carbonyl (C=O) groups excluding carboxylic acids is 1. The number of carbonyl (C=O) groups is 1. The van der Waals surface area contributed by atoms with Crippen molar-refractivity contribution < 1.29 is 13.9 Å². The highest BCUT2D eigenvalue weighted by atomic mass is 19.1. The first-order valence-electron chi connectivity index (χ1n) is 9.33. The molecule has 0 bridgehead atoms. The van der Waals surface area contributed by atoms with Crippen molar-refractivity contribution in [1.29, 1.82) is 0 Å². The number of rotatable bonds is 6. The Morgan fingerprint density at radius 1 is 1.22 bits per heavy atom. The summed E-state index contributed by atoms with van der Waals surface area (Å²) < 4.78 is 19.1. The van der Waals surface area contributed by atoms with Crippen molar-refractivity contribution in [2.24, 2.45) is 0 Å². The minimum absolute atomic E-state index is 0.0937.